The van der Waals surface area contributed by atoms with Crippen molar-refractivity contribution in [3.05, 3.63) is 36.5 Å². The van der Waals surface area contributed by atoms with E-state index in [1.165, 1.54) is 276 Å². The number of aliphatic hydroxyl groups excluding tert-OH is 2. The molecule has 4 heteroatoms. The molecular weight excluding hydrogens is 795 g/mol. The molecule has 0 saturated heterocycles. The number of amides is 1. The molecule has 1 amide bonds. The van der Waals surface area contributed by atoms with Gasteiger partial charge in [-0.2, -0.15) is 0 Å². The van der Waals surface area contributed by atoms with Crippen LogP contribution < -0.4 is 5.32 Å². The Balaban J connectivity index is 3.45. The zero-order valence-corrected chi connectivity index (χ0v) is 44.3. The molecule has 0 aromatic heterocycles. The highest BCUT2D eigenvalue weighted by atomic mass is 16.3. The van der Waals surface area contributed by atoms with Gasteiger partial charge in [-0.25, -0.2) is 0 Å². The minimum absolute atomic E-state index is 0.0644. The molecule has 2 atom stereocenters. The Kier molecular flexibility index (Phi) is 55.7. The average molecular weight is 913 g/mol. The topological polar surface area (TPSA) is 69.6 Å². The van der Waals surface area contributed by atoms with Gasteiger partial charge >= 0.3 is 0 Å². The number of allylic oxidation sites excluding steroid dienone is 5. The van der Waals surface area contributed by atoms with E-state index in [1.54, 1.807) is 6.08 Å². The van der Waals surface area contributed by atoms with Crippen LogP contribution in [0.5, 0.6) is 0 Å². The molecule has 4 nitrogen and oxygen atoms in total. The molecule has 0 spiro atoms. The Morgan fingerprint density at radius 1 is 0.369 bits per heavy atom. The first-order chi connectivity index (χ1) is 32.2. The highest BCUT2D eigenvalue weighted by molar-refractivity contribution is 5.76. The molecule has 3 N–H and O–H groups in total. The molecule has 0 aliphatic rings. The first-order valence-corrected chi connectivity index (χ1v) is 29.7. The van der Waals surface area contributed by atoms with Crippen LogP contribution >= 0.6 is 0 Å². The van der Waals surface area contributed by atoms with Crippen LogP contribution in [-0.4, -0.2) is 34.9 Å². The molecule has 0 aromatic rings. The Labute approximate surface area is 408 Å². The maximum absolute atomic E-state index is 12.5. The van der Waals surface area contributed by atoms with Gasteiger partial charge in [0.15, 0.2) is 0 Å². The molecule has 0 fully saturated rings. The summed E-state index contributed by atoms with van der Waals surface area (Å²) in [6.45, 7) is 4.33. The molecule has 0 aliphatic carbocycles. The third-order valence-corrected chi connectivity index (χ3v) is 13.9. The Bertz CT molecular complexity index is 989. The smallest absolute Gasteiger partial charge is 0.220 e. The van der Waals surface area contributed by atoms with E-state index in [4.69, 9.17) is 0 Å². The average Bonchev–Trinajstić information content (AvgIpc) is 3.31. The quantitative estimate of drug-likeness (QED) is 0.0421. The predicted octanol–water partition coefficient (Wildman–Crippen LogP) is 19.6. The Morgan fingerprint density at radius 3 is 0.923 bits per heavy atom. The van der Waals surface area contributed by atoms with Gasteiger partial charge in [0, 0.05) is 6.42 Å². The van der Waals surface area contributed by atoms with E-state index in [-0.39, 0.29) is 12.5 Å². The second-order valence-electron chi connectivity index (χ2n) is 20.4. The van der Waals surface area contributed by atoms with Crippen LogP contribution in [0.2, 0.25) is 0 Å². The zero-order chi connectivity index (χ0) is 47.0. The van der Waals surface area contributed by atoms with E-state index >= 15 is 0 Å². The summed E-state index contributed by atoms with van der Waals surface area (Å²) in [7, 11) is 0. The van der Waals surface area contributed by atoms with Crippen LogP contribution in [0.25, 0.3) is 0 Å². The summed E-state index contributed by atoms with van der Waals surface area (Å²) in [5.74, 6) is -0.0644. The van der Waals surface area contributed by atoms with Crippen molar-refractivity contribution in [3.63, 3.8) is 0 Å². The fourth-order valence-corrected chi connectivity index (χ4v) is 9.33. The van der Waals surface area contributed by atoms with Crippen molar-refractivity contribution in [1.29, 1.82) is 0 Å². The SMILES string of the molecule is CCCCCCC/C=C\C/C=C\CCCCCCCCCCCC(=O)NC(CO)C(O)/C=C/CCCCCCCCCCCCCCCCCCCCCCCCCCCCCCCC. The molecule has 384 valence electrons. The fraction of sp³-hybridized carbons (Fsp3) is 0.885. The van der Waals surface area contributed by atoms with E-state index in [2.05, 4.69) is 43.5 Å². The monoisotopic (exact) mass is 912 g/mol. The summed E-state index contributed by atoms with van der Waals surface area (Å²) in [5, 5.41) is 23.2. The van der Waals surface area contributed by atoms with E-state index in [0.29, 0.717) is 6.42 Å². The first-order valence-electron chi connectivity index (χ1n) is 29.7. The normalized spacial score (nSPS) is 13.0. The summed E-state index contributed by atoms with van der Waals surface area (Å²) >= 11 is 0. The minimum atomic E-state index is -0.842. The molecule has 0 aromatic carbocycles. The lowest BCUT2D eigenvalue weighted by Crippen LogP contribution is -2.45. The number of hydrogen-bond acceptors (Lipinski definition) is 3. The lowest BCUT2D eigenvalue weighted by atomic mass is 10.0. The van der Waals surface area contributed by atoms with Gasteiger partial charge in [-0.15, -0.1) is 0 Å². The molecule has 0 bridgehead atoms. The summed E-state index contributed by atoms with van der Waals surface area (Å²) in [4.78, 5) is 12.5. The Morgan fingerprint density at radius 2 is 0.631 bits per heavy atom. The van der Waals surface area contributed by atoms with Gasteiger partial charge in [-0.05, 0) is 51.4 Å². The summed E-state index contributed by atoms with van der Waals surface area (Å²) in [6.07, 6.45) is 77.5. The van der Waals surface area contributed by atoms with Crippen molar-refractivity contribution in [2.45, 2.75) is 341 Å². The van der Waals surface area contributed by atoms with Crippen LogP contribution in [0.15, 0.2) is 36.5 Å². The number of aliphatic hydroxyl groups is 2. The number of carbonyl (C=O) groups is 1. The van der Waals surface area contributed by atoms with Gasteiger partial charge in [0.2, 0.25) is 5.91 Å². The number of unbranched alkanes of at least 4 members (excludes halogenated alkanes) is 44. The van der Waals surface area contributed by atoms with Crippen molar-refractivity contribution in [1.82, 2.24) is 5.32 Å². The van der Waals surface area contributed by atoms with Gasteiger partial charge < -0.3 is 15.5 Å². The van der Waals surface area contributed by atoms with Crippen LogP contribution in [0, 0.1) is 0 Å². The van der Waals surface area contributed by atoms with Gasteiger partial charge in [0.05, 0.1) is 18.8 Å². The number of rotatable bonds is 55. The van der Waals surface area contributed by atoms with E-state index in [9.17, 15) is 15.0 Å². The zero-order valence-electron chi connectivity index (χ0n) is 44.3. The summed E-state index contributed by atoms with van der Waals surface area (Å²) < 4.78 is 0. The molecule has 0 aliphatic heterocycles. The lowest BCUT2D eigenvalue weighted by Gasteiger charge is -2.20. The molecule has 2 unspecified atom stereocenters. The first kappa shape index (κ1) is 63.6. The number of nitrogens with one attached hydrogen (secondary N) is 1. The van der Waals surface area contributed by atoms with Crippen LogP contribution in [-0.2, 0) is 4.79 Å². The highest BCUT2D eigenvalue weighted by Gasteiger charge is 2.18. The van der Waals surface area contributed by atoms with Crippen molar-refractivity contribution in [2.75, 3.05) is 6.61 Å². The van der Waals surface area contributed by atoms with Crippen molar-refractivity contribution < 1.29 is 15.0 Å². The molecule has 0 rings (SSSR count). The summed E-state index contributed by atoms with van der Waals surface area (Å²) in [5.41, 5.74) is 0. The fourth-order valence-electron chi connectivity index (χ4n) is 9.33. The van der Waals surface area contributed by atoms with Crippen molar-refractivity contribution in [3.8, 4) is 0 Å². The largest absolute Gasteiger partial charge is 0.394 e. The van der Waals surface area contributed by atoms with Crippen molar-refractivity contribution >= 4 is 5.91 Å². The highest BCUT2D eigenvalue weighted by Crippen LogP contribution is 2.18. The van der Waals surface area contributed by atoms with Gasteiger partial charge in [-0.1, -0.05) is 307 Å². The second kappa shape index (κ2) is 56.9. The van der Waals surface area contributed by atoms with Gasteiger partial charge in [0.25, 0.3) is 0 Å². The minimum Gasteiger partial charge on any atom is -0.394 e. The van der Waals surface area contributed by atoms with E-state index in [1.807, 2.05) is 6.08 Å². The maximum atomic E-state index is 12.5. The molecule has 65 heavy (non-hydrogen) atoms. The molecule has 0 radical (unpaired) electrons. The third kappa shape index (κ3) is 53.4. The predicted molar refractivity (Wildman–Crippen MR) is 290 cm³/mol. The van der Waals surface area contributed by atoms with Crippen LogP contribution in [0.4, 0.5) is 0 Å². The van der Waals surface area contributed by atoms with Crippen LogP contribution in [0.3, 0.4) is 0 Å². The van der Waals surface area contributed by atoms with Gasteiger partial charge in [-0.3, -0.25) is 4.79 Å². The standard InChI is InChI=1S/C61H117NO3/c1-3-5-7-9-11-13-15-17-19-21-23-25-26-27-28-29-30-31-32-33-34-35-37-38-40-42-44-46-48-50-52-54-56-60(64)59(58-63)62-61(65)57-55-53-51-49-47-45-43-41-39-36-24-22-20-18-16-14-12-10-8-6-4-2/h16,18,22,24,54,56,59-60,63-64H,3-15,17,19-21,23,25-53,55,57-58H2,1-2H3,(H,62,65)/b18-16-,24-22-,56-54+. The second-order valence-corrected chi connectivity index (χ2v) is 20.4. The lowest BCUT2D eigenvalue weighted by molar-refractivity contribution is -0.123. The molecule has 0 heterocycles. The maximum Gasteiger partial charge on any atom is 0.220 e. The number of hydrogen-bond donors (Lipinski definition) is 3. The van der Waals surface area contributed by atoms with Crippen LogP contribution in [0.1, 0.15) is 328 Å². The Hall–Kier alpha value is -1.39. The summed E-state index contributed by atoms with van der Waals surface area (Å²) in [6, 6.07) is -0.626. The van der Waals surface area contributed by atoms with E-state index in [0.717, 1.165) is 32.1 Å². The number of carbonyl (C=O) groups excluding carboxylic acids is 1. The molecular formula is C61H117NO3. The van der Waals surface area contributed by atoms with E-state index < -0.39 is 12.1 Å². The third-order valence-electron chi connectivity index (χ3n) is 13.9. The van der Waals surface area contributed by atoms with Crippen molar-refractivity contribution in [2.24, 2.45) is 0 Å². The molecule has 0 saturated carbocycles. The van der Waals surface area contributed by atoms with Gasteiger partial charge in [0.1, 0.15) is 0 Å².